The van der Waals surface area contributed by atoms with E-state index in [2.05, 4.69) is 29.4 Å². The Morgan fingerprint density at radius 1 is 1.06 bits per heavy atom. The van der Waals surface area contributed by atoms with Crippen LogP contribution >= 0.6 is 11.8 Å². The van der Waals surface area contributed by atoms with Crippen LogP contribution in [0.1, 0.15) is 44.2 Å². The van der Waals surface area contributed by atoms with E-state index in [1.165, 1.54) is 11.8 Å². The molecule has 1 amide bonds. The molecule has 164 valence electrons. The predicted octanol–water partition coefficient (Wildman–Crippen LogP) is 4.82. The second-order valence-electron chi connectivity index (χ2n) is 7.39. The van der Waals surface area contributed by atoms with Gasteiger partial charge in [0.25, 0.3) is 0 Å². The van der Waals surface area contributed by atoms with Gasteiger partial charge in [-0.05, 0) is 36.6 Å². The average molecular weight is 441 g/mol. The van der Waals surface area contributed by atoms with Gasteiger partial charge in [-0.15, -0.1) is 10.2 Å². The molecule has 0 aliphatic rings. The number of rotatable bonds is 9. The van der Waals surface area contributed by atoms with Crippen molar-refractivity contribution in [2.24, 2.45) is 7.05 Å². The molecule has 0 fully saturated rings. The van der Waals surface area contributed by atoms with E-state index in [-0.39, 0.29) is 17.8 Å². The summed E-state index contributed by atoms with van der Waals surface area (Å²) in [5.74, 6) is 2.44. The molecule has 0 bridgehead atoms. The summed E-state index contributed by atoms with van der Waals surface area (Å²) in [6, 6.07) is 15.3. The molecule has 8 heteroatoms. The molecule has 1 heterocycles. The minimum absolute atomic E-state index is 0.0824. The Morgan fingerprint density at radius 2 is 1.74 bits per heavy atom. The average Bonchev–Trinajstić information content (AvgIpc) is 3.13. The maximum atomic E-state index is 12.5. The molecule has 3 aromatic rings. The van der Waals surface area contributed by atoms with Gasteiger partial charge in [0.15, 0.2) is 28.6 Å². The van der Waals surface area contributed by atoms with Crippen LogP contribution < -0.4 is 14.8 Å². The molecule has 0 aliphatic carbocycles. The third-order valence-corrected chi connectivity index (χ3v) is 5.81. The monoisotopic (exact) mass is 440 g/mol. The molecule has 0 spiro atoms. The van der Waals surface area contributed by atoms with E-state index >= 15 is 0 Å². The normalized spacial score (nSPS) is 11.9. The van der Waals surface area contributed by atoms with Crippen LogP contribution in [0.4, 0.5) is 5.69 Å². The standard InChI is InChI=1S/C23H28N4O3S/c1-15(2)17-10-6-7-11-18(17)24-21(28)14-31-23-26-25-22(27(23)4)16(3)30-20-13-9-8-12-19(20)29-5/h6-13,15-16H,14H2,1-5H3,(H,24,28). The summed E-state index contributed by atoms with van der Waals surface area (Å²) in [5.41, 5.74) is 1.96. The van der Waals surface area contributed by atoms with E-state index in [1.54, 1.807) is 7.11 Å². The number of carbonyl (C=O) groups is 1. The van der Waals surface area contributed by atoms with Crippen molar-refractivity contribution in [3.8, 4) is 11.5 Å². The van der Waals surface area contributed by atoms with E-state index in [0.29, 0.717) is 28.4 Å². The molecule has 3 rings (SSSR count). The minimum Gasteiger partial charge on any atom is -0.493 e. The second-order valence-corrected chi connectivity index (χ2v) is 8.33. The first kappa shape index (κ1) is 22.7. The van der Waals surface area contributed by atoms with Gasteiger partial charge >= 0.3 is 0 Å². The number of nitrogens with one attached hydrogen (secondary N) is 1. The number of hydrogen-bond acceptors (Lipinski definition) is 6. The Morgan fingerprint density at radius 3 is 2.45 bits per heavy atom. The highest BCUT2D eigenvalue weighted by molar-refractivity contribution is 7.99. The molecule has 0 radical (unpaired) electrons. The van der Waals surface area contributed by atoms with Crippen molar-refractivity contribution >= 4 is 23.4 Å². The number of nitrogens with zero attached hydrogens (tertiary/aromatic N) is 3. The van der Waals surface area contributed by atoms with Crippen LogP contribution in [-0.4, -0.2) is 33.5 Å². The van der Waals surface area contributed by atoms with Crippen LogP contribution in [0.5, 0.6) is 11.5 Å². The summed E-state index contributed by atoms with van der Waals surface area (Å²) in [7, 11) is 3.47. The van der Waals surface area contributed by atoms with E-state index in [0.717, 1.165) is 11.3 Å². The lowest BCUT2D eigenvalue weighted by Crippen LogP contribution is -2.16. The fourth-order valence-electron chi connectivity index (χ4n) is 3.20. The first-order valence-corrected chi connectivity index (χ1v) is 11.1. The number of para-hydroxylation sites is 3. The van der Waals surface area contributed by atoms with Gasteiger partial charge in [-0.2, -0.15) is 0 Å². The number of hydrogen-bond donors (Lipinski definition) is 1. The number of anilines is 1. The van der Waals surface area contributed by atoms with Gasteiger partial charge in [0.1, 0.15) is 0 Å². The molecule has 1 N–H and O–H groups in total. The number of carbonyl (C=O) groups excluding carboxylic acids is 1. The highest BCUT2D eigenvalue weighted by Gasteiger charge is 2.19. The molecule has 31 heavy (non-hydrogen) atoms. The third-order valence-electron chi connectivity index (χ3n) is 4.79. The summed E-state index contributed by atoms with van der Waals surface area (Å²) >= 11 is 1.34. The highest BCUT2D eigenvalue weighted by atomic mass is 32.2. The van der Waals surface area contributed by atoms with Crippen molar-refractivity contribution in [3.63, 3.8) is 0 Å². The topological polar surface area (TPSA) is 78.3 Å². The fourth-order valence-corrected chi connectivity index (χ4v) is 3.91. The summed E-state index contributed by atoms with van der Waals surface area (Å²) in [6.07, 6.45) is -0.338. The van der Waals surface area contributed by atoms with Gasteiger partial charge in [-0.1, -0.05) is 55.9 Å². The van der Waals surface area contributed by atoms with E-state index in [9.17, 15) is 4.79 Å². The van der Waals surface area contributed by atoms with Gasteiger partial charge in [0.2, 0.25) is 5.91 Å². The zero-order chi connectivity index (χ0) is 22.4. The Bertz CT molecular complexity index is 1040. The molecule has 1 atom stereocenters. The first-order valence-electron chi connectivity index (χ1n) is 10.1. The van der Waals surface area contributed by atoms with Crippen LogP contribution in [0.2, 0.25) is 0 Å². The molecule has 7 nitrogen and oxygen atoms in total. The van der Waals surface area contributed by atoms with Gasteiger partial charge in [0.05, 0.1) is 12.9 Å². The van der Waals surface area contributed by atoms with Crippen LogP contribution in [0.25, 0.3) is 0 Å². The molecule has 0 saturated heterocycles. The van der Waals surface area contributed by atoms with E-state index in [4.69, 9.17) is 9.47 Å². The lowest BCUT2D eigenvalue weighted by Gasteiger charge is -2.16. The van der Waals surface area contributed by atoms with Crippen LogP contribution in [-0.2, 0) is 11.8 Å². The summed E-state index contributed by atoms with van der Waals surface area (Å²) in [6.45, 7) is 6.12. The van der Waals surface area contributed by atoms with Crippen molar-refractivity contribution in [2.75, 3.05) is 18.2 Å². The van der Waals surface area contributed by atoms with Crippen LogP contribution in [0.3, 0.4) is 0 Å². The van der Waals surface area contributed by atoms with Crippen molar-refractivity contribution in [1.82, 2.24) is 14.8 Å². The largest absolute Gasteiger partial charge is 0.493 e. The van der Waals surface area contributed by atoms with Gasteiger partial charge in [-0.3, -0.25) is 4.79 Å². The quantitative estimate of drug-likeness (QED) is 0.481. The van der Waals surface area contributed by atoms with Crippen molar-refractivity contribution in [3.05, 3.63) is 59.9 Å². The van der Waals surface area contributed by atoms with E-state index in [1.807, 2.05) is 67.1 Å². The Balaban J connectivity index is 1.62. The number of ether oxygens (including phenoxy) is 2. The Labute approximate surface area is 187 Å². The smallest absolute Gasteiger partial charge is 0.234 e. The number of thioether (sulfide) groups is 1. The maximum Gasteiger partial charge on any atom is 0.234 e. The molecule has 0 saturated carbocycles. The highest BCUT2D eigenvalue weighted by Crippen LogP contribution is 2.31. The lowest BCUT2D eigenvalue weighted by molar-refractivity contribution is -0.113. The fraction of sp³-hybridized carbons (Fsp3) is 0.348. The SMILES string of the molecule is COc1ccccc1OC(C)c1nnc(SCC(=O)Nc2ccccc2C(C)C)n1C. The van der Waals surface area contributed by atoms with E-state index < -0.39 is 0 Å². The number of aromatic nitrogens is 3. The Hall–Kier alpha value is -3.00. The van der Waals surface area contributed by atoms with Crippen molar-refractivity contribution in [2.45, 2.75) is 37.9 Å². The zero-order valence-corrected chi connectivity index (χ0v) is 19.3. The molecule has 2 aromatic carbocycles. The lowest BCUT2D eigenvalue weighted by atomic mass is 10.0. The molecule has 1 aromatic heterocycles. The molecular weight excluding hydrogens is 412 g/mol. The van der Waals surface area contributed by atoms with Crippen LogP contribution in [0, 0.1) is 0 Å². The van der Waals surface area contributed by atoms with Gasteiger partial charge in [-0.25, -0.2) is 0 Å². The van der Waals surface area contributed by atoms with Gasteiger partial charge < -0.3 is 19.4 Å². The maximum absolute atomic E-state index is 12.5. The van der Waals surface area contributed by atoms with Crippen molar-refractivity contribution < 1.29 is 14.3 Å². The summed E-state index contributed by atoms with van der Waals surface area (Å²) in [4.78, 5) is 12.5. The Kier molecular flexibility index (Phi) is 7.57. The first-order chi connectivity index (χ1) is 14.9. The summed E-state index contributed by atoms with van der Waals surface area (Å²) < 4.78 is 13.2. The number of amides is 1. The molecular formula is C23H28N4O3S. The minimum atomic E-state index is -0.338. The molecule has 0 aliphatic heterocycles. The van der Waals surface area contributed by atoms with Crippen molar-refractivity contribution in [1.29, 1.82) is 0 Å². The third kappa shape index (κ3) is 5.58. The predicted molar refractivity (Wildman–Crippen MR) is 123 cm³/mol. The summed E-state index contributed by atoms with van der Waals surface area (Å²) in [5, 5.41) is 12.1. The molecule has 1 unspecified atom stereocenters. The van der Waals surface area contributed by atoms with Crippen LogP contribution in [0.15, 0.2) is 53.7 Å². The van der Waals surface area contributed by atoms with Gasteiger partial charge in [0, 0.05) is 12.7 Å². The number of benzene rings is 2. The second kappa shape index (κ2) is 10.3. The zero-order valence-electron chi connectivity index (χ0n) is 18.5. The number of methoxy groups -OCH3 is 1.